The van der Waals surface area contributed by atoms with E-state index in [9.17, 15) is 9.90 Å². The smallest absolute Gasteiger partial charge is 0.255 e. The third-order valence-corrected chi connectivity index (χ3v) is 3.07. The van der Waals surface area contributed by atoms with Crippen molar-refractivity contribution < 1.29 is 9.90 Å². The summed E-state index contributed by atoms with van der Waals surface area (Å²) in [6, 6.07) is 1.75. The van der Waals surface area contributed by atoms with Gasteiger partial charge in [0.2, 0.25) is 0 Å². The number of halogens is 1. The highest BCUT2D eigenvalue weighted by Gasteiger charge is 2.23. The lowest BCUT2D eigenvalue weighted by atomic mass is 10.1. The Kier molecular flexibility index (Phi) is 3.56. The second-order valence-corrected chi connectivity index (χ2v) is 4.85. The van der Waals surface area contributed by atoms with Gasteiger partial charge in [-0.25, -0.2) is 0 Å². The van der Waals surface area contributed by atoms with Crippen molar-refractivity contribution in [2.45, 2.75) is 18.9 Å². The van der Waals surface area contributed by atoms with E-state index in [-0.39, 0.29) is 5.91 Å². The Balaban J connectivity index is 2.12. The molecule has 5 heteroatoms. The molecule has 1 aliphatic rings. The van der Waals surface area contributed by atoms with Crippen LogP contribution in [-0.4, -0.2) is 40.1 Å². The molecule has 1 N–H and O–H groups in total. The largest absolute Gasteiger partial charge is 0.391 e. The minimum Gasteiger partial charge on any atom is -0.391 e. The lowest BCUT2D eigenvalue weighted by Crippen LogP contribution is -2.42. The number of piperidine rings is 1. The zero-order valence-corrected chi connectivity index (χ0v) is 10.4. The van der Waals surface area contributed by atoms with Gasteiger partial charge in [-0.3, -0.25) is 9.78 Å². The standard InChI is InChI=1S/C11H13BrN2O2/c12-9-4-8(5-13-6-9)11(16)14-3-1-2-10(15)7-14/h4-6,10,15H,1-3,7H2/t10-/m1/s1. The van der Waals surface area contributed by atoms with Crippen molar-refractivity contribution in [1.29, 1.82) is 0 Å². The van der Waals surface area contributed by atoms with Crippen LogP contribution in [0.3, 0.4) is 0 Å². The van der Waals surface area contributed by atoms with Gasteiger partial charge in [0.1, 0.15) is 0 Å². The summed E-state index contributed by atoms with van der Waals surface area (Å²) in [5, 5.41) is 9.51. The Bertz CT molecular complexity index is 397. The maximum atomic E-state index is 12.1. The number of hydrogen-bond donors (Lipinski definition) is 1. The monoisotopic (exact) mass is 284 g/mol. The number of aromatic nitrogens is 1. The van der Waals surface area contributed by atoms with E-state index in [4.69, 9.17) is 0 Å². The Morgan fingerprint density at radius 3 is 3.06 bits per heavy atom. The van der Waals surface area contributed by atoms with Crippen LogP contribution in [0.1, 0.15) is 23.2 Å². The average molecular weight is 285 g/mol. The number of amides is 1. The van der Waals surface area contributed by atoms with Crippen LogP contribution in [0.5, 0.6) is 0 Å². The summed E-state index contributed by atoms with van der Waals surface area (Å²) >= 11 is 3.28. The second kappa shape index (κ2) is 4.93. The maximum Gasteiger partial charge on any atom is 0.255 e. The Labute approximate surface area is 102 Å². The predicted octanol–water partition coefficient (Wildman–Crippen LogP) is 1.44. The summed E-state index contributed by atoms with van der Waals surface area (Å²) < 4.78 is 0.788. The van der Waals surface area contributed by atoms with Crippen molar-refractivity contribution in [1.82, 2.24) is 9.88 Å². The van der Waals surface area contributed by atoms with Crippen LogP contribution < -0.4 is 0 Å². The van der Waals surface area contributed by atoms with Gasteiger partial charge in [0.15, 0.2) is 0 Å². The summed E-state index contributed by atoms with van der Waals surface area (Å²) in [6.45, 7) is 1.13. The first-order valence-corrected chi connectivity index (χ1v) is 6.04. The molecule has 0 bridgehead atoms. The molecule has 16 heavy (non-hydrogen) atoms. The molecule has 1 fully saturated rings. The molecular formula is C11H13BrN2O2. The quantitative estimate of drug-likeness (QED) is 0.849. The molecule has 0 spiro atoms. The molecule has 0 unspecified atom stereocenters. The van der Waals surface area contributed by atoms with Crippen LogP contribution in [-0.2, 0) is 0 Å². The predicted molar refractivity (Wildman–Crippen MR) is 63.1 cm³/mol. The fourth-order valence-corrected chi connectivity index (χ4v) is 2.22. The van der Waals surface area contributed by atoms with Gasteiger partial charge in [-0.1, -0.05) is 0 Å². The Hall–Kier alpha value is -0.940. The van der Waals surface area contributed by atoms with Gasteiger partial charge in [0, 0.05) is 30.0 Å². The summed E-state index contributed by atoms with van der Waals surface area (Å²) in [4.78, 5) is 17.7. The van der Waals surface area contributed by atoms with E-state index in [0.29, 0.717) is 18.7 Å². The fraction of sp³-hybridized carbons (Fsp3) is 0.455. The molecule has 0 aromatic carbocycles. The van der Waals surface area contributed by atoms with Gasteiger partial charge >= 0.3 is 0 Å². The number of nitrogens with zero attached hydrogens (tertiary/aromatic N) is 2. The highest BCUT2D eigenvalue weighted by molar-refractivity contribution is 9.10. The van der Waals surface area contributed by atoms with E-state index in [1.54, 1.807) is 23.4 Å². The average Bonchev–Trinajstić information content (AvgIpc) is 2.28. The minimum absolute atomic E-state index is 0.0625. The lowest BCUT2D eigenvalue weighted by Gasteiger charge is -2.30. The van der Waals surface area contributed by atoms with Crippen LogP contribution >= 0.6 is 15.9 Å². The van der Waals surface area contributed by atoms with E-state index < -0.39 is 6.10 Å². The van der Waals surface area contributed by atoms with Gasteiger partial charge in [-0.05, 0) is 34.8 Å². The van der Waals surface area contributed by atoms with E-state index >= 15 is 0 Å². The first-order valence-electron chi connectivity index (χ1n) is 5.24. The molecule has 2 heterocycles. The number of pyridine rings is 1. The molecule has 4 nitrogen and oxygen atoms in total. The molecule has 86 valence electrons. The van der Waals surface area contributed by atoms with Crippen molar-refractivity contribution in [3.63, 3.8) is 0 Å². The normalized spacial score (nSPS) is 20.9. The van der Waals surface area contributed by atoms with Crippen molar-refractivity contribution >= 4 is 21.8 Å². The SMILES string of the molecule is O=C(c1cncc(Br)c1)N1CCC[C@@H](O)C1. The fourth-order valence-electron chi connectivity index (χ4n) is 1.85. The molecule has 1 amide bonds. The summed E-state index contributed by atoms with van der Waals surface area (Å²) in [5.74, 6) is -0.0625. The van der Waals surface area contributed by atoms with Gasteiger partial charge in [-0.2, -0.15) is 0 Å². The van der Waals surface area contributed by atoms with E-state index in [0.717, 1.165) is 17.3 Å². The highest BCUT2D eigenvalue weighted by atomic mass is 79.9. The number of hydrogen-bond acceptors (Lipinski definition) is 3. The van der Waals surface area contributed by atoms with Crippen molar-refractivity contribution in [2.24, 2.45) is 0 Å². The third kappa shape index (κ3) is 2.59. The molecule has 1 saturated heterocycles. The number of carbonyl (C=O) groups is 1. The molecule has 1 aromatic heterocycles. The van der Waals surface area contributed by atoms with Crippen molar-refractivity contribution in [3.8, 4) is 0 Å². The molecule has 0 saturated carbocycles. The molecule has 0 aliphatic carbocycles. The number of likely N-dealkylation sites (tertiary alicyclic amines) is 1. The van der Waals surface area contributed by atoms with Gasteiger partial charge < -0.3 is 10.0 Å². The van der Waals surface area contributed by atoms with E-state index in [1.165, 1.54) is 0 Å². The maximum absolute atomic E-state index is 12.1. The number of carbonyl (C=O) groups excluding carboxylic acids is 1. The molecule has 1 atom stereocenters. The van der Waals surface area contributed by atoms with Crippen LogP contribution in [0.15, 0.2) is 22.9 Å². The Morgan fingerprint density at radius 1 is 1.56 bits per heavy atom. The molecule has 1 aromatic rings. The van der Waals surface area contributed by atoms with Gasteiger partial charge in [0.05, 0.1) is 11.7 Å². The van der Waals surface area contributed by atoms with Gasteiger partial charge in [-0.15, -0.1) is 0 Å². The Morgan fingerprint density at radius 2 is 2.38 bits per heavy atom. The second-order valence-electron chi connectivity index (χ2n) is 3.94. The molecule has 2 rings (SSSR count). The van der Waals surface area contributed by atoms with E-state index in [2.05, 4.69) is 20.9 Å². The highest BCUT2D eigenvalue weighted by Crippen LogP contribution is 2.15. The van der Waals surface area contributed by atoms with Gasteiger partial charge in [0.25, 0.3) is 5.91 Å². The zero-order valence-electron chi connectivity index (χ0n) is 8.77. The van der Waals surface area contributed by atoms with Crippen molar-refractivity contribution in [3.05, 3.63) is 28.5 Å². The number of rotatable bonds is 1. The molecule has 1 aliphatic heterocycles. The number of aliphatic hydroxyl groups excluding tert-OH is 1. The molecular weight excluding hydrogens is 272 g/mol. The molecule has 0 radical (unpaired) electrons. The van der Waals surface area contributed by atoms with Crippen molar-refractivity contribution in [2.75, 3.05) is 13.1 Å². The topological polar surface area (TPSA) is 53.4 Å². The minimum atomic E-state index is -0.391. The first-order chi connectivity index (χ1) is 7.66. The van der Waals surface area contributed by atoms with E-state index in [1.807, 2.05) is 0 Å². The number of β-amino-alcohol motifs (C(OH)–C–C–N with tert-alkyl or cyclic N) is 1. The third-order valence-electron chi connectivity index (χ3n) is 2.64. The first kappa shape index (κ1) is 11.5. The summed E-state index contributed by atoms with van der Waals surface area (Å²) in [7, 11) is 0. The van der Waals surface area contributed by atoms with Crippen LogP contribution in [0, 0.1) is 0 Å². The number of aliphatic hydroxyl groups is 1. The van der Waals surface area contributed by atoms with Crippen LogP contribution in [0.4, 0.5) is 0 Å². The summed E-state index contributed by atoms with van der Waals surface area (Å²) in [6.07, 6.45) is 4.43. The van der Waals surface area contributed by atoms with Crippen LogP contribution in [0.25, 0.3) is 0 Å². The van der Waals surface area contributed by atoms with Crippen LogP contribution in [0.2, 0.25) is 0 Å². The summed E-state index contributed by atoms with van der Waals surface area (Å²) in [5.41, 5.74) is 0.559. The lowest BCUT2D eigenvalue weighted by molar-refractivity contribution is 0.0473. The zero-order chi connectivity index (χ0) is 11.5.